The number of carboxylic acid groups (broad SMARTS) is 2. The molecular weight excluding hydrogens is 293 g/mol. The Labute approximate surface area is 140 Å². The molecule has 0 spiro atoms. The van der Waals surface area contributed by atoms with E-state index in [2.05, 4.69) is 4.98 Å². The van der Waals surface area contributed by atoms with Gasteiger partial charge in [-0.3, -0.25) is 0 Å². The standard InChI is InChI=1S/C12H9NO5S.Na.H/c1-5-2-3-7(14)6(4-5)10-13-8(11(15)16)9(19-10)12(17)18;;/h2-4,14H,1H3,(H,15,16)(H,17,18);;. The summed E-state index contributed by atoms with van der Waals surface area (Å²) in [6, 6.07) is 4.75. The van der Waals surface area contributed by atoms with E-state index in [1.165, 1.54) is 6.07 Å². The number of phenols is 1. The molecule has 0 bridgehead atoms. The number of hydrogen-bond acceptors (Lipinski definition) is 5. The Morgan fingerprint density at radius 1 is 1.20 bits per heavy atom. The first-order chi connectivity index (χ1) is 8.90. The molecule has 0 saturated heterocycles. The number of benzene rings is 1. The average molecular weight is 303 g/mol. The molecule has 0 unspecified atom stereocenters. The Kier molecular flexibility index (Phi) is 5.29. The molecule has 20 heavy (non-hydrogen) atoms. The van der Waals surface area contributed by atoms with Crippen LogP contribution in [0.5, 0.6) is 5.75 Å². The van der Waals surface area contributed by atoms with Crippen molar-refractivity contribution >= 4 is 52.8 Å². The van der Waals surface area contributed by atoms with E-state index in [4.69, 9.17) is 10.2 Å². The van der Waals surface area contributed by atoms with Gasteiger partial charge in [-0.2, -0.15) is 0 Å². The van der Waals surface area contributed by atoms with Crippen LogP contribution in [0, 0.1) is 6.92 Å². The second-order valence-corrected chi connectivity index (χ2v) is 4.83. The van der Waals surface area contributed by atoms with Crippen LogP contribution >= 0.6 is 11.3 Å². The summed E-state index contributed by atoms with van der Waals surface area (Å²) in [7, 11) is 0. The number of phenolic OH excluding ortho intramolecular Hbond substituents is 1. The summed E-state index contributed by atoms with van der Waals surface area (Å²) in [4.78, 5) is 25.3. The van der Waals surface area contributed by atoms with Crippen molar-refractivity contribution in [3.63, 3.8) is 0 Å². The van der Waals surface area contributed by atoms with Gasteiger partial charge < -0.3 is 15.3 Å². The zero-order chi connectivity index (χ0) is 14.2. The second-order valence-electron chi connectivity index (χ2n) is 3.83. The molecule has 0 saturated carbocycles. The van der Waals surface area contributed by atoms with Crippen LogP contribution < -0.4 is 0 Å². The van der Waals surface area contributed by atoms with Crippen molar-refractivity contribution in [1.82, 2.24) is 4.98 Å². The fraction of sp³-hybridized carbons (Fsp3) is 0.0833. The van der Waals surface area contributed by atoms with Gasteiger partial charge in [0.05, 0.1) is 5.56 Å². The summed E-state index contributed by atoms with van der Waals surface area (Å²) in [6.07, 6.45) is 0. The minimum absolute atomic E-state index is 0. The first-order valence-corrected chi connectivity index (χ1v) is 5.99. The van der Waals surface area contributed by atoms with Crippen molar-refractivity contribution in [3.8, 4) is 16.3 Å². The molecule has 0 aliphatic carbocycles. The average Bonchev–Trinajstić information content (AvgIpc) is 2.77. The molecule has 2 aromatic rings. The van der Waals surface area contributed by atoms with Crippen LogP contribution in [-0.4, -0.2) is 61.8 Å². The van der Waals surface area contributed by atoms with Gasteiger partial charge in [0.2, 0.25) is 0 Å². The SMILES string of the molecule is Cc1ccc(O)c(-c2nc(C(=O)O)c(C(=O)O)s2)c1.[NaH]. The van der Waals surface area contributed by atoms with Crippen LogP contribution in [0.2, 0.25) is 0 Å². The van der Waals surface area contributed by atoms with Crippen molar-refractivity contribution in [1.29, 1.82) is 0 Å². The topological polar surface area (TPSA) is 108 Å². The Bertz CT molecular complexity index is 651. The van der Waals surface area contributed by atoms with Crippen molar-refractivity contribution < 1.29 is 24.9 Å². The molecule has 1 heterocycles. The molecule has 0 radical (unpaired) electrons. The molecule has 1 aromatic heterocycles. The van der Waals surface area contributed by atoms with Gasteiger partial charge in [-0.1, -0.05) is 11.6 Å². The molecule has 8 heteroatoms. The van der Waals surface area contributed by atoms with Crippen LogP contribution in [0.3, 0.4) is 0 Å². The molecule has 0 fully saturated rings. The Hall–Kier alpha value is -1.41. The maximum absolute atomic E-state index is 11.0. The first-order valence-electron chi connectivity index (χ1n) is 5.17. The number of thiazole rings is 1. The maximum atomic E-state index is 11.0. The van der Waals surface area contributed by atoms with E-state index in [1.54, 1.807) is 19.1 Å². The summed E-state index contributed by atoms with van der Waals surface area (Å²) in [6.45, 7) is 1.80. The molecule has 2 rings (SSSR count). The van der Waals surface area contributed by atoms with Crippen molar-refractivity contribution in [2.75, 3.05) is 0 Å². The van der Waals surface area contributed by atoms with Crippen molar-refractivity contribution in [3.05, 3.63) is 34.3 Å². The molecule has 100 valence electrons. The van der Waals surface area contributed by atoms with Gasteiger partial charge in [0.15, 0.2) is 5.69 Å². The number of carbonyl (C=O) groups is 2. The third-order valence-electron chi connectivity index (χ3n) is 2.41. The number of hydrogen-bond donors (Lipinski definition) is 3. The van der Waals surface area contributed by atoms with E-state index in [0.717, 1.165) is 16.9 Å². The van der Waals surface area contributed by atoms with Gasteiger partial charge in [-0.15, -0.1) is 11.3 Å². The summed E-state index contributed by atoms with van der Waals surface area (Å²) in [5.74, 6) is -2.84. The molecule has 0 aliphatic rings. The van der Waals surface area contributed by atoms with E-state index in [9.17, 15) is 14.7 Å². The van der Waals surface area contributed by atoms with E-state index in [0.29, 0.717) is 5.56 Å². The van der Waals surface area contributed by atoms with Gasteiger partial charge in [-0.05, 0) is 19.1 Å². The molecule has 3 N–H and O–H groups in total. The zero-order valence-corrected chi connectivity index (χ0v) is 10.6. The summed E-state index contributed by atoms with van der Waals surface area (Å²) < 4.78 is 0. The number of nitrogens with zero attached hydrogens (tertiary/aromatic N) is 1. The predicted molar refractivity (Wildman–Crippen MR) is 75.0 cm³/mol. The first kappa shape index (κ1) is 16.6. The van der Waals surface area contributed by atoms with Crippen LogP contribution in [0.4, 0.5) is 0 Å². The third kappa shape index (κ3) is 3.18. The Morgan fingerprint density at radius 2 is 1.85 bits per heavy atom. The second kappa shape index (κ2) is 6.36. The zero-order valence-electron chi connectivity index (χ0n) is 9.75. The number of aromatic nitrogens is 1. The molecule has 1 aromatic carbocycles. The Balaban J connectivity index is 0.00000200. The van der Waals surface area contributed by atoms with Gasteiger partial charge in [0.1, 0.15) is 15.6 Å². The minimum atomic E-state index is -1.41. The summed E-state index contributed by atoms with van der Waals surface area (Å²) >= 11 is 0.720. The molecule has 0 aliphatic heterocycles. The number of aryl methyl sites for hydroxylation is 1. The quantitative estimate of drug-likeness (QED) is 0.743. The number of aromatic carboxylic acids is 2. The Morgan fingerprint density at radius 3 is 2.35 bits per heavy atom. The molecule has 6 nitrogen and oxygen atoms in total. The van der Waals surface area contributed by atoms with Gasteiger partial charge in [0, 0.05) is 0 Å². The number of carboxylic acids is 2. The van der Waals surface area contributed by atoms with Crippen LogP contribution in [0.25, 0.3) is 10.6 Å². The fourth-order valence-corrected chi connectivity index (χ4v) is 2.47. The molecule has 0 amide bonds. The molecular formula is C12H10NNaO5S. The summed E-state index contributed by atoms with van der Waals surface area (Å²) in [5.41, 5.74) is 0.644. The van der Waals surface area contributed by atoms with E-state index in [1.807, 2.05) is 0 Å². The number of aromatic hydroxyl groups is 1. The number of rotatable bonds is 3. The normalized spacial score (nSPS) is 9.85. The van der Waals surface area contributed by atoms with Crippen LogP contribution in [0.1, 0.15) is 25.7 Å². The van der Waals surface area contributed by atoms with E-state index < -0.39 is 17.6 Å². The van der Waals surface area contributed by atoms with Crippen LogP contribution in [-0.2, 0) is 0 Å². The molecule has 0 atom stereocenters. The monoisotopic (exact) mass is 303 g/mol. The summed E-state index contributed by atoms with van der Waals surface area (Å²) in [5, 5.41) is 27.8. The third-order valence-corrected chi connectivity index (χ3v) is 3.48. The van der Waals surface area contributed by atoms with Gasteiger partial charge >= 0.3 is 41.5 Å². The van der Waals surface area contributed by atoms with E-state index >= 15 is 0 Å². The van der Waals surface area contributed by atoms with Crippen molar-refractivity contribution in [2.24, 2.45) is 0 Å². The van der Waals surface area contributed by atoms with Gasteiger partial charge in [-0.25, -0.2) is 14.6 Å². The predicted octanol–water partition coefficient (Wildman–Crippen LogP) is 1.57. The fourth-order valence-electron chi connectivity index (χ4n) is 1.55. The van der Waals surface area contributed by atoms with Gasteiger partial charge in [0.25, 0.3) is 0 Å². The van der Waals surface area contributed by atoms with E-state index in [-0.39, 0.29) is 45.2 Å². The van der Waals surface area contributed by atoms with Crippen molar-refractivity contribution in [2.45, 2.75) is 6.92 Å². The van der Waals surface area contributed by atoms with Crippen LogP contribution in [0.15, 0.2) is 18.2 Å².